The number of benzene rings is 4. The summed E-state index contributed by atoms with van der Waals surface area (Å²) in [5.74, 6) is -0.537. The number of hydrogen-bond donors (Lipinski definition) is 0. The summed E-state index contributed by atoms with van der Waals surface area (Å²) in [5, 5.41) is 0. The molecule has 4 rings (SSSR count). The van der Waals surface area contributed by atoms with Crippen LogP contribution in [0.4, 0.5) is 0 Å². The fraction of sp³-hybridized carbons (Fsp3) is 0.316. The molecule has 1 atom stereocenters. The molecule has 0 amide bonds. The molecule has 230 valence electrons. The van der Waals surface area contributed by atoms with Crippen LogP contribution in [0.25, 0.3) is 0 Å². The Kier molecular flexibility index (Phi) is 13.2. The number of ether oxygens (including phenoxy) is 3. The molecule has 0 aliphatic rings. The minimum Gasteiger partial charge on any atom is -0.469 e. The second kappa shape index (κ2) is 17.8. The number of aryl methyl sites for hydroxylation is 2. The highest BCUT2D eigenvalue weighted by Crippen LogP contribution is 2.23. The molecular weight excluding hydrogens is 550 g/mol. The van der Waals surface area contributed by atoms with E-state index in [2.05, 4.69) is 71.6 Å². The van der Waals surface area contributed by atoms with Gasteiger partial charge in [-0.25, -0.2) is 4.79 Å². The number of methoxy groups -OCH3 is 2. The van der Waals surface area contributed by atoms with Gasteiger partial charge in [-0.05, 0) is 72.2 Å². The normalized spacial score (nSPS) is 11.7. The first-order chi connectivity index (χ1) is 21.5. The molecule has 0 fully saturated rings. The molecule has 0 saturated carbocycles. The van der Waals surface area contributed by atoms with Crippen molar-refractivity contribution >= 4 is 11.9 Å². The lowest BCUT2D eigenvalue weighted by Crippen LogP contribution is -2.30. The van der Waals surface area contributed by atoms with E-state index < -0.39 is 0 Å². The van der Waals surface area contributed by atoms with Crippen LogP contribution >= 0.6 is 0 Å². The third-order valence-corrected chi connectivity index (χ3v) is 7.73. The SMILES string of the molecule is COC(=O)CCCCN(Cc1ccc(C(=O)OC)cc1)C[C@H](OCc1ccc(CCc2ccccc2)cc1)c1ccccc1. The van der Waals surface area contributed by atoms with E-state index in [1.165, 1.54) is 25.3 Å². The Morgan fingerprint density at radius 1 is 0.659 bits per heavy atom. The molecule has 4 aromatic rings. The van der Waals surface area contributed by atoms with Crippen LogP contribution in [0.5, 0.6) is 0 Å². The first-order valence-corrected chi connectivity index (χ1v) is 15.3. The van der Waals surface area contributed by atoms with Crippen LogP contribution in [-0.4, -0.2) is 44.1 Å². The first kappa shape index (κ1) is 32.6. The maximum absolute atomic E-state index is 11.9. The second-order valence-electron chi connectivity index (χ2n) is 11.0. The van der Waals surface area contributed by atoms with Crippen molar-refractivity contribution in [1.29, 1.82) is 0 Å². The molecule has 0 unspecified atom stereocenters. The molecule has 6 nitrogen and oxygen atoms in total. The Labute approximate surface area is 261 Å². The third-order valence-electron chi connectivity index (χ3n) is 7.73. The number of carbonyl (C=O) groups excluding carboxylic acids is 2. The molecule has 4 aromatic carbocycles. The Hall–Kier alpha value is -4.26. The van der Waals surface area contributed by atoms with Crippen LogP contribution < -0.4 is 0 Å². The maximum Gasteiger partial charge on any atom is 0.337 e. The number of nitrogens with zero attached hydrogens (tertiary/aromatic N) is 1. The highest BCUT2D eigenvalue weighted by atomic mass is 16.5. The summed E-state index contributed by atoms with van der Waals surface area (Å²) in [6.45, 7) is 2.65. The van der Waals surface area contributed by atoms with Gasteiger partial charge in [-0.2, -0.15) is 0 Å². The van der Waals surface area contributed by atoms with Gasteiger partial charge in [0.15, 0.2) is 0 Å². The summed E-state index contributed by atoms with van der Waals surface area (Å²) < 4.78 is 16.3. The zero-order valence-corrected chi connectivity index (χ0v) is 25.8. The lowest BCUT2D eigenvalue weighted by atomic mass is 10.0. The van der Waals surface area contributed by atoms with Crippen LogP contribution in [-0.2, 0) is 45.0 Å². The number of hydrogen-bond acceptors (Lipinski definition) is 6. The van der Waals surface area contributed by atoms with Gasteiger partial charge in [-0.1, -0.05) is 97.1 Å². The van der Waals surface area contributed by atoms with Crippen molar-refractivity contribution in [2.24, 2.45) is 0 Å². The number of unbranched alkanes of at least 4 members (excludes halogenated alkanes) is 1. The Morgan fingerprint density at radius 3 is 1.89 bits per heavy atom. The van der Waals surface area contributed by atoms with Crippen molar-refractivity contribution in [3.05, 3.63) is 143 Å². The van der Waals surface area contributed by atoms with E-state index in [4.69, 9.17) is 14.2 Å². The van der Waals surface area contributed by atoms with Crippen molar-refractivity contribution in [3.8, 4) is 0 Å². The molecule has 44 heavy (non-hydrogen) atoms. The Morgan fingerprint density at radius 2 is 1.25 bits per heavy atom. The average molecular weight is 594 g/mol. The summed E-state index contributed by atoms with van der Waals surface area (Å²) in [6, 6.07) is 37.1. The van der Waals surface area contributed by atoms with E-state index in [0.717, 1.165) is 48.9 Å². The molecule has 0 aliphatic carbocycles. The largest absolute Gasteiger partial charge is 0.469 e. The summed E-state index contributed by atoms with van der Waals surface area (Å²) >= 11 is 0. The lowest BCUT2D eigenvalue weighted by molar-refractivity contribution is -0.140. The van der Waals surface area contributed by atoms with Crippen LogP contribution in [0.15, 0.2) is 109 Å². The monoisotopic (exact) mass is 593 g/mol. The van der Waals surface area contributed by atoms with Crippen LogP contribution in [0, 0.1) is 0 Å². The fourth-order valence-electron chi connectivity index (χ4n) is 5.15. The van der Waals surface area contributed by atoms with Crippen molar-refractivity contribution in [2.75, 3.05) is 27.3 Å². The summed E-state index contributed by atoms with van der Waals surface area (Å²) in [4.78, 5) is 25.9. The van der Waals surface area contributed by atoms with E-state index in [1.807, 2.05) is 30.3 Å². The molecule has 0 radical (unpaired) electrons. The van der Waals surface area contributed by atoms with Crippen molar-refractivity contribution < 1.29 is 23.8 Å². The van der Waals surface area contributed by atoms with Gasteiger partial charge < -0.3 is 14.2 Å². The van der Waals surface area contributed by atoms with E-state index >= 15 is 0 Å². The molecule has 0 N–H and O–H groups in total. The van der Waals surface area contributed by atoms with Gasteiger partial charge in [0.05, 0.1) is 32.5 Å². The van der Waals surface area contributed by atoms with E-state index in [-0.39, 0.29) is 18.0 Å². The summed E-state index contributed by atoms with van der Waals surface area (Å²) in [5.41, 5.74) is 6.53. The minimum atomic E-state index is -0.349. The van der Waals surface area contributed by atoms with E-state index in [1.54, 1.807) is 12.1 Å². The molecule has 0 aromatic heterocycles. The molecule has 0 aliphatic heterocycles. The quantitative estimate of drug-likeness (QED) is 0.0942. The van der Waals surface area contributed by atoms with Gasteiger partial charge in [0.25, 0.3) is 0 Å². The molecule has 6 heteroatoms. The van der Waals surface area contributed by atoms with Crippen LogP contribution in [0.1, 0.15) is 63.5 Å². The topological polar surface area (TPSA) is 65.1 Å². The predicted molar refractivity (Wildman–Crippen MR) is 173 cm³/mol. The Balaban J connectivity index is 1.42. The Bertz CT molecular complexity index is 1410. The van der Waals surface area contributed by atoms with Gasteiger partial charge in [0.2, 0.25) is 0 Å². The van der Waals surface area contributed by atoms with Gasteiger partial charge in [-0.15, -0.1) is 0 Å². The van der Waals surface area contributed by atoms with Crippen molar-refractivity contribution in [3.63, 3.8) is 0 Å². The highest BCUT2D eigenvalue weighted by Gasteiger charge is 2.18. The molecule has 0 spiro atoms. The second-order valence-corrected chi connectivity index (χ2v) is 11.0. The van der Waals surface area contributed by atoms with Gasteiger partial charge >= 0.3 is 11.9 Å². The van der Waals surface area contributed by atoms with E-state index in [0.29, 0.717) is 31.7 Å². The zero-order valence-electron chi connectivity index (χ0n) is 25.8. The summed E-state index contributed by atoms with van der Waals surface area (Å²) in [6.07, 6.45) is 3.87. The smallest absolute Gasteiger partial charge is 0.337 e. The molecule has 0 bridgehead atoms. The summed E-state index contributed by atoms with van der Waals surface area (Å²) in [7, 11) is 2.81. The maximum atomic E-state index is 11.9. The minimum absolute atomic E-state index is 0.149. The number of carbonyl (C=O) groups is 2. The predicted octanol–water partition coefficient (Wildman–Crippen LogP) is 7.36. The van der Waals surface area contributed by atoms with Crippen LogP contribution in [0.2, 0.25) is 0 Å². The number of rotatable bonds is 17. The number of esters is 2. The lowest BCUT2D eigenvalue weighted by Gasteiger charge is -2.28. The molecule has 0 saturated heterocycles. The molecule has 0 heterocycles. The van der Waals surface area contributed by atoms with Gasteiger partial charge in [0, 0.05) is 19.5 Å². The van der Waals surface area contributed by atoms with Crippen LogP contribution in [0.3, 0.4) is 0 Å². The fourth-order valence-corrected chi connectivity index (χ4v) is 5.15. The van der Waals surface area contributed by atoms with E-state index in [9.17, 15) is 9.59 Å². The van der Waals surface area contributed by atoms with Gasteiger partial charge in [-0.3, -0.25) is 9.69 Å². The van der Waals surface area contributed by atoms with Crippen molar-refractivity contribution in [2.45, 2.75) is 51.4 Å². The molecular formula is C38H43NO5. The van der Waals surface area contributed by atoms with Gasteiger partial charge in [0.1, 0.15) is 0 Å². The zero-order chi connectivity index (χ0) is 31.0. The first-order valence-electron chi connectivity index (χ1n) is 15.3. The average Bonchev–Trinajstić information content (AvgIpc) is 3.08. The third kappa shape index (κ3) is 10.8. The van der Waals surface area contributed by atoms with Crippen molar-refractivity contribution in [1.82, 2.24) is 4.90 Å². The highest BCUT2D eigenvalue weighted by molar-refractivity contribution is 5.89. The standard InChI is InChI=1S/C38H43NO5/c1-42-37(40)15-9-10-26-39(27-32-22-24-35(25-23-32)38(41)43-2)28-36(34-13-7-4-8-14-34)44-29-33-20-18-31(19-21-33)17-16-30-11-5-3-6-12-30/h3-8,11-14,18-25,36H,9-10,15-17,26-29H2,1-2H3/t36-/m0/s1.